The number of hydrogen-bond acceptors (Lipinski definition) is 1. The number of hydrogen-bond donors (Lipinski definition) is 1. The van der Waals surface area contributed by atoms with Gasteiger partial charge in [0, 0.05) is 18.4 Å². The summed E-state index contributed by atoms with van der Waals surface area (Å²) in [6.45, 7) is 0.325. The van der Waals surface area contributed by atoms with E-state index in [0.29, 0.717) is 6.54 Å². The van der Waals surface area contributed by atoms with Gasteiger partial charge in [0.25, 0.3) is 0 Å². The van der Waals surface area contributed by atoms with E-state index in [9.17, 15) is 18.0 Å². The first-order valence-corrected chi connectivity index (χ1v) is 4.86. The highest BCUT2D eigenvalue weighted by atomic mass is 19.4. The highest BCUT2D eigenvalue weighted by Crippen LogP contribution is 2.44. The highest BCUT2D eigenvalue weighted by Gasteiger charge is 2.51. The van der Waals surface area contributed by atoms with Gasteiger partial charge in [0.2, 0.25) is 0 Å². The molecule has 2 atom stereocenters. The lowest BCUT2D eigenvalue weighted by atomic mass is 9.84. The smallest absolute Gasteiger partial charge is 0.398 e. The fraction of sp³-hybridized carbons (Fsp3) is 0.500. The van der Waals surface area contributed by atoms with Gasteiger partial charge in [-0.1, -0.05) is 0 Å². The van der Waals surface area contributed by atoms with Gasteiger partial charge in [-0.05, 0) is 18.6 Å². The summed E-state index contributed by atoms with van der Waals surface area (Å²) in [6.07, 6.45) is -2.95. The number of aromatic nitrogens is 1. The number of carbonyl (C=O) groups is 1. The minimum atomic E-state index is -4.51. The first-order chi connectivity index (χ1) is 7.41. The van der Waals surface area contributed by atoms with Crippen molar-refractivity contribution in [2.24, 2.45) is 5.92 Å². The largest absolute Gasteiger partial charge is 0.481 e. The molecule has 3 nitrogen and oxygen atoms in total. The second-order valence-electron chi connectivity index (χ2n) is 3.88. The van der Waals surface area contributed by atoms with Gasteiger partial charge in [-0.2, -0.15) is 13.2 Å². The number of aryl methyl sites for hydroxylation is 1. The van der Waals surface area contributed by atoms with Crippen molar-refractivity contribution in [1.29, 1.82) is 0 Å². The van der Waals surface area contributed by atoms with Crippen LogP contribution in [0.5, 0.6) is 0 Å². The molecule has 1 N–H and O–H groups in total. The van der Waals surface area contributed by atoms with E-state index in [-0.39, 0.29) is 12.1 Å². The highest BCUT2D eigenvalue weighted by molar-refractivity contribution is 5.71. The van der Waals surface area contributed by atoms with Crippen molar-refractivity contribution < 1.29 is 23.1 Å². The third kappa shape index (κ3) is 1.68. The molecule has 2 heterocycles. The summed E-state index contributed by atoms with van der Waals surface area (Å²) in [6, 6.07) is 2.85. The molecule has 0 spiro atoms. The molecule has 0 bridgehead atoms. The molecule has 0 amide bonds. The van der Waals surface area contributed by atoms with Crippen molar-refractivity contribution in [3.8, 4) is 0 Å². The zero-order valence-electron chi connectivity index (χ0n) is 8.24. The average molecular weight is 233 g/mol. The predicted octanol–water partition coefficient (Wildman–Crippen LogP) is 2.24. The molecule has 88 valence electrons. The molecule has 0 unspecified atom stereocenters. The zero-order valence-corrected chi connectivity index (χ0v) is 8.24. The van der Waals surface area contributed by atoms with Crippen LogP contribution in [-0.2, 0) is 11.3 Å². The predicted molar refractivity (Wildman–Crippen MR) is 49.0 cm³/mol. The summed E-state index contributed by atoms with van der Waals surface area (Å²) in [7, 11) is 0. The van der Waals surface area contributed by atoms with Gasteiger partial charge in [0.15, 0.2) is 0 Å². The van der Waals surface area contributed by atoms with Crippen LogP contribution in [0, 0.1) is 5.92 Å². The molecule has 0 aliphatic carbocycles. The van der Waals surface area contributed by atoms with E-state index in [1.807, 2.05) is 0 Å². The van der Waals surface area contributed by atoms with Gasteiger partial charge in [-0.15, -0.1) is 0 Å². The van der Waals surface area contributed by atoms with Gasteiger partial charge in [-0.3, -0.25) is 4.79 Å². The van der Waals surface area contributed by atoms with Gasteiger partial charge in [-0.25, -0.2) is 0 Å². The minimum Gasteiger partial charge on any atom is -0.481 e. The lowest BCUT2D eigenvalue weighted by Crippen LogP contribution is -2.38. The molecular formula is C10H10F3NO2. The van der Waals surface area contributed by atoms with E-state index in [2.05, 4.69) is 0 Å². The Hall–Kier alpha value is -1.46. The Balaban J connectivity index is 2.45. The first kappa shape index (κ1) is 11.0. The maximum absolute atomic E-state index is 12.8. The lowest BCUT2D eigenvalue weighted by Gasteiger charge is -2.31. The second kappa shape index (κ2) is 3.54. The number of halogens is 3. The van der Waals surface area contributed by atoms with Crippen LogP contribution in [0.4, 0.5) is 13.2 Å². The van der Waals surface area contributed by atoms with Crippen molar-refractivity contribution in [3.05, 3.63) is 24.0 Å². The molecule has 1 aliphatic rings. The van der Waals surface area contributed by atoms with E-state index >= 15 is 0 Å². The average Bonchev–Trinajstić information content (AvgIpc) is 2.61. The van der Waals surface area contributed by atoms with Crippen LogP contribution >= 0.6 is 0 Å². The van der Waals surface area contributed by atoms with E-state index in [0.717, 1.165) is 0 Å². The third-order valence-electron chi connectivity index (χ3n) is 2.94. The van der Waals surface area contributed by atoms with Crippen LogP contribution in [-0.4, -0.2) is 21.8 Å². The molecule has 1 aromatic heterocycles. The fourth-order valence-corrected chi connectivity index (χ4v) is 2.23. The minimum absolute atomic E-state index is 0.0151. The summed E-state index contributed by atoms with van der Waals surface area (Å²) in [4.78, 5) is 10.8. The topological polar surface area (TPSA) is 42.2 Å². The Morgan fingerprint density at radius 2 is 2.19 bits per heavy atom. The molecule has 1 aliphatic heterocycles. The summed E-state index contributed by atoms with van der Waals surface area (Å²) >= 11 is 0. The fourth-order valence-electron chi connectivity index (χ4n) is 2.23. The summed E-state index contributed by atoms with van der Waals surface area (Å²) in [5.74, 6) is -4.65. The van der Waals surface area contributed by atoms with E-state index in [1.54, 1.807) is 6.20 Å². The molecule has 0 saturated heterocycles. The molecule has 0 aromatic carbocycles. The van der Waals surface area contributed by atoms with Crippen LogP contribution in [0.25, 0.3) is 0 Å². The monoisotopic (exact) mass is 233 g/mol. The number of carboxylic acid groups (broad SMARTS) is 1. The molecule has 1 aromatic rings. The Morgan fingerprint density at radius 1 is 1.50 bits per heavy atom. The van der Waals surface area contributed by atoms with Crippen molar-refractivity contribution >= 4 is 5.97 Å². The van der Waals surface area contributed by atoms with Crippen LogP contribution in [0.2, 0.25) is 0 Å². The van der Waals surface area contributed by atoms with Gasteiger partial charge >= 0.3 is 12.1 Å². The molecule has 2 rings (SSSR count). The summed E-state index contributed by atoms with van der Waals surface area (Å²) < 4.78 is 40.0. The number of alkyl halides is 3. The molecule has 0 saturated carbocycles. The van der Waals surface area contributed by atoms with Crippen molar-refractivity contribution in [2.75, 3.05) is 0 Å². The van der Waals surface area contributed by atoms with Crippen LogP contribution in [0.3, 0.4) is 0 Å². The Labute approximate surface area is 89.5 Å². The summed E-state index contributed by atoms with van der Waals surface area (Å²) in [5, 5.41) is 8.83. The van der Waals surface area contributed by atoms with Crippen molar-refractivity contribution in [1.82, 2.24) is 4.57 Å². The third-order valence-corrected chi connectivity index (χ3v) is 2.94. The van der Waals surface area contributed by atoms with Crippen molar-refractivity contribution in [3.63, 3.8) is 0 Å². The molecular weight excluding hydrogens is 223 g/mol. The number of rotatable bonds is 1. The molecule has 6 heteroatoms. The lowest BCUT2D eigenvalue weighted by molar-refractivity contribution is -0.179. The Kier molecular flexibility index (Phi) is 2.44. The number of aliphatic carboxylic acids is 1. The van der Waals surface area contributed by atoms with E-state index < -0.39 is 24.0 Å². The Bertz CT molecular complexity index is 410. The summed E-state index contributed by atoms with van der Waals surface area (Å²) in [5.41, 5.74) is 0.0474. The standard InChI is InChI=1S/C10H10F3NO2/c11-10(12,13)8-6(9(15)16)3-5-14-4-1-2-7(8)14/h1-2,4,6,8H,3,5H2,(H,15,16)/t6-,8-/m1/s1. The number of fused-ring (bicyclic) bond motifs is 1. The van der Waals surface area contributed by atoms with Gasteiger partial charge < -0.3 is 9.67 Å². The van der Waals surface area contributed by atoms with E-state index in [1.165, 1.54) is 16.7 Å². The zero-order chi connectivity index (χ0) is 11.9. The second-order valence-corrected chi connectivity index (χ2v) is 3.88. The maximum Gasteiger partial charge on any atom is 0.398 e. The van der Waals surface area contributed by atoms with Gasteiger partial charge in [0.1, 0.15) is 5.92 Å². The number of nitrogens with zero attached hydrogens (tertiary/aromatic N) is 1. The quantitative estimate of drug-likeness (QED) is 0.808. The molecule has 16 heavy (non-hydrogen) atoms. The first-order valence-electron chi connectivity index (χ1n) is 4.86. The van der Waals surface area contributed by atoms with Crippen molar-refractivity contribution in [2.45, 2.75) is 25.1 Å². The van der Waals surface area contributed by atoms with Crippen LogP contribution in [0.1, 0.15) is 18.0 Å². The molecule has 0 fully saturated rings. The van der Waals surface area contributed by atoms with Gasteiger partial charge in [0.05, 0.1) is 5.92 Å². The maximum atomic E-state index is 12.8. The SMILES string of the molecule is O=C(O)[C@@H]1CCn2cccc2[C@@H]1C(F)(F)F. The number of carboxylic acids is 1. The van der Waals surface area contributed by atoms with Crippen LogP contribution < -0.4 is 0 Å². The molecule has 0 radical (unpaired) electrons. The Morgan fingerprint density at radius 3 is 2.75 bits per heavy atom. The van der Waals surface area contributed by atoms with Crippen LogP contribution in [0.15, 0.2) is 18.3 Å². The van der Waals surface area contributed by atoms with E-state index in [4.69, 9.17) is 5.11 Å². The normalized spacial score (nSPS) is 25.2.